The van der Waals surface area contributed by atoms with E-state index < -0.39 is 5.97 Å². The van der Waals surface area contributed by atoms with E-state index in [4.69, 9.17) is 9.47 Å². The molecule has 1 saturated carbocycles. The molecule has 1 aromatic rings. The summed E-state index contributed by atoms with van der Waals surface area (Å²) in [5.74, 6) is -1.14. The summed E-state index contributed by atoms with van der Waals surface area (Å²) in [7, 11) is 1.65. The largest absolute Gasteiger partial charge is 0.451 e. The molecule has 0 saturated heterocycles. The minimum Gasteiger partial charge on any atom is -0.451 e. The maximum absolute atomic E-state index is 12.1. The van der Waals surface area contributed by atoms with Crippen molar-refractivity contribution in [2.24, 2.45) is 0 Å². The van der Waals surface area contributed by atoms with Gasteiger partial charge in [-0.3, -0.25) is 4.79 Å². The number of carbonyl (C=O) groups is 2. The normalized spacial score (nSPS) is 15.3. The lowest BCUT2D eigenvalue weighted by Crippen LogP contribution is -2.30. The zero-order chi connectivity index (χ0) is 19.3. The first kappa shape index (κ1) is 19.7. The highest BCUT2D eigenvalue weighted by Crippen LogP contribution is 2.23. The number of nitriles is 1. The molecule has 1 aromatic heterocycles. The fourth-order valence-electron chi connectivity index (χ4n) is 2.94. The summed E-state index contributed by atoms with van der Waals surface area (Å²) in [6.07, 6.45) is 3.42. The third-order valence-electron chi connectivity index (χ3n) is 4.29. The molecule has 7 nitrogen and oxygen atoms in total. The summed E-state index contributed by atoms with van der Waals surface area (Å²) >= 11 is 0. The zero-order valence-electron chi connectivity index (χ0n) is 15.7. The van der Waals surface area contributed by atoms with Gasteiger partial charge >= 0.3 is 5.97 Å². The minimum absolute atomic E-state index is 0.130. The first-order chi connectivity index (χ1) is 12.4. The van der Waals surface area contributed by atoms with Crippen LogP contribution in [-0.2, 0) is 19.1 Å². The van der Waals surface area contributed by atoms with Crippen LogP contribution in [0.25, 0.3) is 6.08 Å². The molecule has 1 fully saturated rings. The van der Waals surface area contributed by atoms with Crippen LogP contribution in [-0.4, -0.2) is 42.8 Å². The number of aromatic nitrogens is 1. The van der Waals surface area contributed by atoms with Crippen molar-refractivity contribution in [3.8, 4) is 6.07 Å². The van der Waals surface area contributed by atoms with Crippen LogP contribution in [0, 0.1) is 25.2 Å². The summed E-state index contributed by atoms with van der Waals surface area (Å²) in [4.78, 5) is 23.7. The van der Waals surface area contributed by atoms with Gasteiger partial charge < -0.3 is 19.4 Å². The van der Waals surface area contributed by atoms with E-state index in [9.17, 15) is 14.9 Å². The van der Waals surface area contributed by atoms with Gasteiger partial charge in [0.15, 0.2) is 6.61 Å². The highest BCUT2D eigenvalue weighted by atomic mass is 16.5. The molecule has 7 heteroatoms. The van der Waals surface area contributed by atoms with Crippen molar-refractivity contribution >= 4 is 18.0 Å². The molecule has 1 heterocycles. The maximum atomic E-state index is 12.1. The maximum Gasteiger partial charge on any atom is 0.349 e. The van der Waals surface area contributed by atoms with Crippen molar-refractivity contribution in [1.82, 2.24) is 9.88 Å². The van der Waals surface area contributed by atoms with Crippen molar-refractivity contribution < 1.29 is 19.1 Å². The molecule has 1 aliphatic rings. The Hall–Kier alpha value is -2.59. The van der Waals surface area contributed by atoms with E-state index in [-0.39, 0.29) is 30.2 Å². The summed E-state index contributed by atoms with van der Waals surface area (Å²) < 4.78 is 12.3. The Morgan fingerprint density at radius 2 is 2.15 bits per heavy atom. The number of carbonyl (C=O) groups excluding carboxylic acids is 2. The fourth-order valence-corrected chi connectivity index (χ4v) is 2.94. The van der Waals surface area contributed by atoms with E-state index in [1.165, 1.54) is 6.08 Å². The predicted octanol–water partition coefficient (Wildman–Crippen LogP) is 2.04. The second-order valence-electron chi connectivity index (χ2n) is 6.59. The Labute approximate surface area is 153 Å². The molecule has 0 radical (unpaired) electrons. The summed E-state index contributed by atoms with van der Waals surface area (Å²) in [6.45, 7) is 6.10. The molecule has 1 N–H and O–H groups in total. The minimum atomic E-state index is -0.798. The predicted molar refractivity (Wildman–Crippen MR) is 96.2 cm³/mol. The Morgan fingerprint density at radius 1 is 1.46 bits per heavy atom. The number of esters is 1. The van der Waals surface area contributed by atoms with Gasteiger partial charge in [-0.2, -0.15) is 5.26 Å². The number of nitrogens with one attached hydrogen (secondary N) is 1. The lowest BCUT2D eigenvalue weighted by molar-refractivity contribution is -0.144. The van der Waals surface area contributed by atoms with E-state index >= 15 is 0 Å². The van der Waals surface area contributed by atoms with Crippen LogP contribution in [0.1, 0.15) is 42.8 Å². The molecule has 2 rings (SSSR count). The van der Waals surface area contributed by atoms with E-state index in [1.807, 2.05) is 32.9 Å². The molecule has 1 amide bonds. The van der Waals surface area contributed by atoms with Crippen LogP contribution in [0.4, 0.5) is 0 Å². The van der Waals surface area contributed by atoms with Crippen molar-refractivity contribution in [3.63, 3.8) is 0 Å². The van der Waals surface area contributed by atoms with Crippen LogP contribution in [0.15, 0.2) is 11.6 Å². The van der Waals surface area contributed by atoms with Gasteiger partial charge in [-0.25, -0.2) is 4.79 Å². The Kier molecular flexibility index (Phi) is 6.58. The molecule has 0 unspecified atom stereocenters. The Balaban J connectivity index is 2.09. The third kappa shape index (κ3) is 4.96. The molecule has 0 bridgehead atoms. The number of rotatable bonds is 8. The van der Waals surface area contributed by atoms with Gasteiger partial charge in [-0.1, -0.05) is 0 Å². The molecule has 26 heavy (non-hydrogen) atoms. The molecular weight excluding hydrogens is 334 g/mol. The first-order valence-corrected chi connectivity index (χ1v) is 8.63. The van der Waals surface area contributed by atoms with Gasteiger partial charge in [0.25, 0.3) is 5.91 Å². The summed E-state index contributed by atoms with van der Waals surface area (Å²) in [5, 5.41) is 12.0. The third-order valence-corrected chi connectivity index (χ3v) is 4.29. The SMILES string of the molecule is COC[C@@H](C)n1c(C)cc(/C=C(\C#N)C(=O)OCC(=O)NC2CC2)c1C. The van der Waals surface area contributed by atoms with Crippen molar-refractivity contribution in [2.75, 3.05) is 20.3 Å². The number of hydrogen-bond acceptors (Lipinski definition) is 5. The van der Waals surface area contributed by atoms with Gasteiger partial charge in [-0.05, 0) is 51.3 Å². The highest BCUT2D eigenvalue weighted by Gasteiger charge is 2.24. The number of nitrogens with zero attached hydrogens (tertiary/aromatic N) is 2. The molecular formula is C19H25N3O4. The van der Waals surface area contributed by atoms with E-state index in [2.05, 4.69) is 9.88 Å². The van der Waals surface area contributed by atoms with Crippen molar-refractivity contribution in [1.29, 1.82) is 5.26 Å². The van der Waals surface area contributed by atoms with Gasteiger partial charge in [0.2, 0.25) is 0 Å². The second-order valence-corrected chi connectivity index (χ2v) is 6.59. The molecule has 0 aromatic carbocycles. The van der Waals surface area contributed by atoms with Crippen LogP contribution in [0.3, 0.4) is 0 Å². The van der Waals surface area contributed by atoms with E-state index in [0.29, 0.717) is 6.61 Å². The number of ether oxygens (including phenoxy) is 2. The molecule has 0 spiro atoms. The number of methoxy groups -OCH3 is 1. The average Bonchev–Trinajstić information content (AvgIpc) is 3.35. The number of hydrogen-bond donors (Lipinski definition) is 1. The second kappa shape index (κ2) is 8.68. The van der Waals surface area contributed by atoms with Gasteiger partial charge in [0, 0.05) is 24.5 Å². The average molecular weight is 359 g/mol. The number of amides is 1. The van der Waals surface area contributed by atoms with Gasteiger partial charge in [0.05, 0.1) is 12.6 Å². The topological polar surface area (TPSA) is 93.3 Å². The molecule has 140 valence electrons. The summed E-state index contributed by atoms with van der Waals surface area (Å²) in [6, 6.07) is 4.10. The van der Waals surface area contributed by atoms with Crippen molar-refractivity contribution in [3.05, 3.63) is 28.6 Å². The summed E-state index contributed by atoms with van der Waals surface area (Å²) in [5.41, 5.74) is 2.57. The highest BCUT2D eigenvalue weighted by molar-refractivity contribution is 5.99. The van der Waals surface area contributed by atoms with Crippen LogP contribution < -0.4 is 5.32 Å². The van der Waals surface area contributed by atoms with Gasteiger partial charge in [-0.15, -0.1) is 0 Å². The smallest absolute Gasteiger partial charge is 0.349 e. The fraction of sp³-hybridized carbons (Fsp3) is 0.526. The quantitative estimate of drug-likeness (QED) is 0.435. The lowest BCUT2D eigenvalue weighted by atomic mass is 10.1. The van der Waals surface area contributed by atoms with Crippen LogP contribution >= 0.6 is 0 Å². The standard InChI is InChI=1S/C19H25N3O4/c1-12-7-15(14(3)22(12)13(2)10-25-4)8-16(9-20)19(24)26-11-18(23)21-17-5-6-17/h7-8,13,17H,5-6,10-11H2,1-4H3,(H,21,23)/b16-8+/t13-/m1/s1. The molecule has 0 aliphatic heterocycles. The Bertz CT molecular complexity index is 754. The molecule has 1 atom stereocenters. The Morgan fingerprint density at radius 3 is 2.73 bits per heavy atom. The van der Waals surface area contributed by atoms with E-state index in [1.54, 1.807) is 7.11 Å². The van der Waals surface area contributed by atoms with Crippen LogP contribution in [0.2, 0.25) is 0 Å². The number of aryl methyl sites for hydroxylation is 1. The monoisotopic (exact) mass is 359 g/mol. The zero-order valence-corrected chi connectivity index (χ0v) is 15.7. The lowest BCUT2D eigenvalue weighted by Gasteiger charge is -2.17. The molecule has 1 aliphatic carbocycles. The van der Waals surface area contributed by atoms with E-state index in [0.717, 1.165) is 29.8 Å². The van der Waals surface area contributed by atoms with Gasteiger partial charge in [0.1, 0.15) is 11.6 Å². The van der Waals surface area contributed by atoms with Crippen LogP contribution in [0.5, 0.6) is 0 Å². The van der Waals surface area contributed by atoms with Crippen molar-refractivity contribution in [2.45, 2.75) is 45.7 Å². The first-order valence-electron chi connectivity index (χ1n) is 8.63.